The molecule has 0 saturated heterocycles. The van der Waals surface area contributed by atoms with E-state index in [1.165, 1.54) is 11.8 Å². The van der Waals surface area contributed by atoms with Gasteiger partial charge in [0, 0.05) is 18.7 Å². The van der Waals surface area contributed by atoms with Crippen molar-refractivity contribution in [2.45, 2.75) is 25.6 Å². The Hall–Kier alpha value is -1.73. The third-order valence-electron chi connectivity index (χ3n) is 3.57. The standard InChI is InChI=1S/C16H22N4O2S/c1-3-20(4-2)10-11-23-16(18-21)15-17-14(19-22-15)12-13-8-6-5-7-9-13/h5-9,16H,3-4,10-12H2,1-2H3. The van der Waals surface area contributed by atoms with E-state index in [1.54, 1.807) is 0 Å². The SMILES string of the molecule is CCN(CC)CCSC(N=O)c1nc(Cc2ccccc2)no1. The van der Waals surface area contributed by atoms with Crippen LogP contribution in [0.25, 0.3) is 0 Å². The Morgan fingerprint density at radius 1 is 1.26 bits per heavy atom. The van der Waals surface area contributed by atoms with E-state index in [1.807, 2.05) is 30.3 Å². The zero-order chi connectivity index (χ0) is 16.5. The predicted molar refractivity (Wildman–Crippen MR) is 92.3 cm³/mol. The quantitative estimate of drug-likeness (QED) is 0.619. The maximum absolute atomic E-state index is 11.1. The first-order chi connectivity index (χ1) is 11.3. The van der Waals surface area contributed by atoms with Gasteiger partial charge >= 0.3 is 0 Å². The van der Waals surface area contributed by atoms with Crippen LogP contribution in [0.2, 0.25) is 0 Å². The number of aromatic nitrogens is 2. The highest BCUT2D eigenvalue weighted by molar-refractivity contribution is 7.99. The molecule has 0 N–H and O–H groups in total. The van der Waals surface area contributed by atoms with Crippen molar-refractivity contribution in [3.63, 3.8) is 0 Å². The molecule has 7 heteroatoms. The van der Waals surface area contributed by atoms with Gasteiger partial charge in [-0.25, -0.2) is 0 Å². The fourth-order valence-electron chi connectivity index (χ4n) is 2.20. The Morgan fingerprint density at radius 2 is 2.00 bits per heavy atom. The van der Waals surface area contributed by atoms with Crippen molar-refractivity contribution in [2.24, 2.45) is 5.18 Å². The summed E-state index contributed by atoms with van der Waals surface area (Å²) < 4.78 is 5.21. The molecule has 0 amide bonds. The highest BCUT2D eigenvalue weighted by Crippen LogP contribution is 2.28. The third kappa shape index (κ3) is 5.44. The zero-order valence-electron chi connectivity index (χ0n) is 13.5. The van der Waals surface area contributed by atoms with Crippen LogP contribution in [-0.4, -0.2) is 40.4 Å². The van der Waals surface area contributed by atoms with Crippen LogP contribution in [0.5, 0.6) is 0 Å². The van der Waals surface area contributed by atoms with E-state index in [0.717, 1.165) is 31.0 Å². The van der Waals surface area contributed by atoms with Gasteiger partial charge in [0.25, 0.3) is 5.89 Å². The first-order valence-corrected chi connectivity index (χ1v) is 8.84. The van der Waals surface area contributed by atoms with Gasteiger partial charge in [-0.3, -0.25) is 0 Å². The van der Waals surface area contributed by atoms with Crippen LogP contribution in [0.4, 0.5) is 0 Å². The van der Waals surface area contributed by atoms with Crippen LogP contribution in [-0.2, 0) is 6.42 Å². The van der Waals surface area contributed by atoms with Crippen LogP contribution in [0.3, 0.4) is 0 Å². The van der Waals surface area contributed by atoms with Crippen molar-refractivity contribution < 1.29 is 4.52 Å². The lowest BCUT2D eigenvalue weighted by atomic mass is 10.1. The molecule has 23 heavy (non-hydrogen) atoms. The van der Waals surface area contributed by atoms with Crippen molar-refractivity contribution in [3.05, 3.63) is 52.5 Å². The summed E-state index contributed by atoms with van der Waals surface area (Å²) in [6.07, 6.45) is 0.583. The molecule has 1 heterocycles. The monoisotopic (exact) mass is 334 g/mol. The van der Waals surface area contributed by atoms with Crippen molar-refractivity contribution in [3.8, 4) is 0 Å². The number of benzene rings is 1. The second kappa shape index (κ2) is 9.42. The molecule has 0 bridgehead atoms. The van der Waals surface area contributed by atoms with Gasteiger partial charge in [0.2, 0.25) is 5.37 Å². The summed E-state index contributed by atoms with van der Waals surface area (Å²) >= 11 is 1.44. The number of nitrogens with zero attached hydrogens (tertiary/aromatic N) is 4. The van der Waals surface area contributed by atoms with Crippen molar-refractivity contribution in [1.82, 2.24) is 15.0 Å². The van der Waals surface area contributed by atoms with Gasteiger partial charge in [0.05, 0.1) is 0 Å². The molecule has 0 spiro atoms. The average molecular weight is 334 g/mol. The van der Waals surface area contributed by atoms with E-state index in [2.05, 4.69) is 34.1 Å². The summed E-state index contributed by atoms with van der Waals surface area (Å²) in [6.45, 7) is 7.15. The van der Waals surface area contributed by atoms with Gasteiger partial charge in [-0.05, 0) is 23.8 Å². The summed E-state index contributed by atoms with van der Waals surface area (Å²) in [7, 11) is 0. The maximum atomic E-state index is 11.1. The second-order valence-electron chi connectivity index (χ2n) is 5.07. The molecular formula is C16H22N4O2S. The molecule has 0 aliphatic heterocycles. The largest absolute Gasteiger partial charge is 0.336 e. The predicted octanol–water partition coefficient (Wildman–Crippen LogP) is 3.50. The summed E-state index contributed by atoms with van der Waals surface area (Å²) in [5.41, 5.74) is 1.10. The zero-order valence-corrected chi connectivity index (χ0v) is 14.3. The van der Waals surface area contributed by atoms with Crippen molar-refractivity contribution in [2.75, 3.05) is 25.4 Å². The van der Waals surface area contributed by atoms with Crippen LogP contribution in [0, 0.1) is 4.91 Å². The number of nitroso groups, excluding NO2 is 1. The van der Waals surface area contributed by atoms with Crippen LogP contribution in [0.1, 0.15) is 36.5 Å². The first kappa shape index (κ1) is 17.6. The molecule has 1 aromatic carbocycles. The van der Waals surface area contributed by atoms with Gasteiger partial charge in [-0.2, -0.15) is 4.98 Å². The van der Waals surface area contributed by atoms with E-state index in [-0.39, 0.29) is 5.89 Å². The summed E-state index contributed by atoms with van der Waals surface area (Å²) in [6, 6.07) is 9.91. The highest BCUT2D eigenvalue weighted by atomic mass is 32.2. The Balaban J connectivity index is 1.90. The molecule has 1 unspecified atom stereocenters. The number of rotatable bonds is 10. The lowest BCUT2D eigenvalue weighted by molar-refractivity contribution is 0.323. The Kier molecular flexibility index (Phi) is 7.22. The fourth-order valence-corrected chi connectivity index (χ4v) is 3.08. The molecular weight excluding hydrogens is 312 g/mol. The highest BCUT2D eigenvalue weighted by Gasteiger charge is 2.20. The smallest absolute Gasteiger partial charge is 0.265 e. The lowest BCUT2D eigenvalue weighted by Crippen LogP contribution is -2.25. The number of thioether (sulfide) groups is 1. The van der Waals surface area contributed by atoms with Crippen LogP contribution >= 0.6 is 11.8 Å². The van der Waals surface area contributed by atoms with Gasteiger partial charge in [-0.1, -0.05) is 49.3 Å². The van der Waals surface area contributed by atoms with Crippen LogP contribution in [0.15, 0.2) is 40.0 Å². The van der Waals surface area contributed by atoms with Gasteiger partial charge in [0.15, 0.2) is 5.82 Å². The topological polar surface area (TPSA) is 71.6 Å². The van der Waals surface area contributed by atoms with Gasteiger partial charge in [-0.15, -0.1) is 16.7 Å². The van der Waals surface area contributed by atoms with Crippen molar-refractivity contribution in [1.29, 1.82) is 0 Å². The molecule has 0 fully saturated rings. The maximum Gasteiger partial charge on any atom is 0.265 e. The van der Waals surface area contributed by atoms with E-state index in [0.29, 0.717) is 12.2 Å². The Labute approximate surface area is 140 Å². The van der Waals surface area contributed by atoms with E-state index in [9.17, 15) is 4.91 Å². The molecule has 1 atom stereocenters. The summed E-state index contributed by atoms with van der Waals surface area (Å²) in [5.74, 6) is 1.66. The molecule has 6 nitrogen and oxygen atoms in total. The Morgan fingerprint density at radius 3 is 2.65 bits per heavy atom. The van der Waals surface area contributed by atoms with Gasteiger partial charge in [0.1, 0.15) is 0 Å². The molecule has 1 aromatic heterocycles. The fraction of sp³-hybridized carbons (Fsp3) is 0.500. The number of hydrogen-bond donors (Lipinski definition) is 0. The molecule has 2 aromatic rings. The number of hydrogen-bond acceptors (Lipinski definition) is 7. The van der Waals surface area contributed by atoms with Gasteiger partial charge < -0.3 is 9.42 Å². The minimum absolute atomic E-state index is 0.287. The molecule has 124 valence electrons. The molecule has 2 rings (SSSR count). The van der Waals surface area contributed by atoms with E-state index < -0.39 is 5.37 Å². The minimum Gasteiger partial charge on any atom is -0.336 e. The van der Waals surface area contributed by atoms with Crippen LogP contribution < -0.4 is 0 Å². The molecule has 0 saturated carbocycles. The summed E-state index contributed by atoms with van der Waals surface area (Å²) in [5, 5.41) is 6.44. The van der Waals surface area contributed by atoms with E-state index in [4.69, 9.17) is 4.52 Å². The minimum atomic E-state index is -0.636. The molecule has 0 aliphatic rings. The normalized spacial score (nSPS) is 12.5. The summed E-state index contributed by atoms with van der Waals surface area (Å²) in [4.78, 5) is 17.7. The van der Waals surface area contributed by atoms with E-state index >= 15 is 0 Å². The molecule has 0 aliphatic carbocycles. The first-order valence-electron chi connectivity index (χ1n) is 7.79. The lowest BCUT2D eigenvalue weighted by Gasteiger charge is -2.17. The van der Waals surface area contributed by atoms with Crippen molar-refractivity contribution >= 4 is 11.8 Å². The Bertz CT molecular complexity index is 587. The third-order valence-corrected chi connectivity index (χ3v) is 4.60. The molecule has 0 radical (unpaired) electrons. The average Bonchev–Trinajstić information content (AvgIpc) is 3.04. The second-order valence-corrected chi connectivity index (χ2v) is 6.25.